The van der Waals surface area contributed by atoms with Gasteiger partial charge >= 0.3 is 5.97 Å². The number of carbonyl (C=O) groups is 1. The van der Waals surface area contributed by atoms with Crippen LogP contribution >= 0.6 is 11.3 Å². The smallest absolute Gasteiger partial charge is 0.340 e. The van der Waals surface area contributed by atoms with Gasteiger partial charge in [0.05, 0.1) is 28.3 Å². The van der Waals surface area contributed by atoms with Crippen LogP contribution in [0.4, 0.5) is 15.3 Å². The molecule has 0 aliphatic heterocycles. The second kappa shape index (κ2) is 10.7. The van der Waals surface area contributed by atoms with Gasteiger partial charge in [-0.05, 0) is 86.5 Å². The number of pyridine rings is 2. The highest BCUT2D eigenvalue weighted by Gasteiger charge is 2.48. The molecule has 2 N–H and O–H groups in total. The number of hydrogen-bond acceptors (Lipinski definition) is 7. The maximum Gasteiger partial charge on any atom is 0.340 e. The van der Waals surface area contributed by atoms with Crippen LogP contribution in [-0.4, -0.2) is 40.2 Å². The monoisotopic (exact) mass is 647 g/mol. The Balaban J connectivity index is 1.03. The maximum absolute atomic E-state index is 15.3. The van der Waals surface area contributed by atoms with Crippen molar-refractivity contribution in [2.24, 2.45) is 23.2 Å². The third-order valence-corrected chi connectivity index (χ3v) is 11.9. The minimum Gasteiger partial charge on any atom is -0.478 e. The van der Waals surface area contributed by atoms with E-state index in [0.29, 0.717) is 27.4 Å². The van der Waals surface area contributed by atoms with Crippen LogP contribution in [0.1, 0.15) is 61.0 Å². The second-order valence-corrected chi connectivity index (χ2v) is 15.0. The number of rotatable bonds is 7. The van der Waals surface area contributed by atoms with Gasteiger partial charge in [-0.2, -0.15) is 5.10 Å². The molecule has 2 atom stereocenters. The van der Waals surface area contributed by atoms with Gasteiger partial charge in [0.15, 0.2) is 22.4 Å². The molecule has 4 bridgehead atoms. The topological polar surface area (TPSA) is 110 Å². The molecule has 11 heteroatoms. The zero-order valence-electron chi connectivity index (χ0n) is 26.0. The number of fused-ring (bicyclic) bond motifs is 3. The summed E-state index contributed by atoms with van der Waals surface area (Å²) >= 11 is 1.42. The SMILES string of the molecule is Cc1c(-c2ccn3c(-c4cnc(Nc5nc6ccccc6s5)c(F)c4)cnc3c2C(=O)O)cnn1CC12CC3CCC(CC(C3)C1)C2. The Bertz CT molecular complexity index is 2150. The molecule has 0 amide bonds. The Morgan fingerprint density at radius 3 is 2.60 bits per heavy atom. The summed E-state index contributed by atoms with van der Waals surface area (Å²) in [5.41, 5.74) is 4.87. The normalized spacial score (nSPS) is 23.5. The van der Waals surface area contributed by atoms with Crippen molar-refractivity contribution in [2.45, 2.75) is 58.4 Å². The van der Waals surface area contributed by atoms with Crippen molar-refractivity contribution in [2.75, 3.05) is 5.32 Å². The summed E-state index contributed by atoms with van der Waals surface area (Å²) in [4.78, 5) is 26.1. The number of nitrogens with zero attached hydrogens (tertiary/aromatic N) is 6. The number of carboxylic acid groups (broad SMARTS) is 1. The van der Waals surface area contributed by atoms with E-state index in [0.717, 1.165) is 45.8 Å². The van der Waals surface area contributed by atoms with Gasteiger partial charge in [-0.1, -0.05) is 36.3 Å². The van der Waals surface area contributed by atoms with Crippen molar-refractivity contribution in [3.63, 3.8) is 0 Å². The van der Waals surface area contributed by atoms with Crippen molar-refractivity contribution in [3.8, 4) is 22.4 Å². The first kappa shape index (κ1) is 28.6. The number of para-hydroxylation sites is 1. The van der Waals surface area contributed by atoms with E-state index in [1.807, 2.05) is 37.4 Å². The number of halogens is 1. The molecule has 9 nitrogen and oxygen atoms in total. The van der Waals surface area contributed by atoms with Gasteiger partial charge in [-0.3, -0.25) is 9.08 Å². The van der Waals surface area contributed by atoms with Crippen LogP contribution in [0, 0.1) is 35.9 Å². The first-order chi connectivity index (χ1) is 22.8. The van der Waals surface area contributed by atoms with Crippen LogP contribution in [0.5, 0.6) is 0 Å². The Labute approximate surface area is 274 Å². The van der Waals surface area contributed by atoms with Gasteiger partial charge < -0.3 is 10.4 Å². The predicted molar refractivity (Wildman–Crippen MR) is 179 cm³/mol. The molecule has 0 radical (unpaired) electrons. The highest BCUT2D eigenvalue weighted by atomic mass is 32.1. The number of thiazole rings is 1. The molecule has 4 aliphatic rings. The zero-order valence-corrected chi connectivity index (χ0v) is 26.8. The largest absolute Gasteiger partial charge is 0.478 e. The first-order valence-corrected chi connectivity index (χ1v) is 17.2. The Morgan fingerprint density at radius 2 is 1.83 bits per heavy atom. The molecule has 5 heterocycles. The van der Waals surface area contributed by atoms with E-state index >= 15 is 4.39 Å². The summed E-state index contributed by atoms with van der Waals surface area (Å²) in [6.45, 7) is 2.94. The van der Waals surface area contributed by atoms with Crippen LogP contribution in [0.2, 0.25) is 0 Å². The number of imidazole rings is 1. The molecule has 10 rings (SSSR count). The highest BCUT2D eigenvalue weighted by Crippen LogP contribution is 2.58. The van der Waals surface area contributed by atoms with Crippen LogP contribution in [-0.2, 0) is 6.54 Å². The van der Waals surface area contributed by atoms with E-state index in [2.05, 4.69) is 25.0 Å². The van der Waals surface area contributed by atoms with Gasteiger partial charge in [0.25, 0.3) is 0 Å². The lowest BCUT2D eigenvalue weighted by atomic mass is 9.58. The van der Waals surface area contributed by atoms with Crippen molar-refractivity contribution >= 4 is 44.1 Å². The summed E-state index contributed by atoms with van der Waals surface area (Å²) in [5, 5.41) is 18.8. The van der Waals surface area contributed by atoms with Crippen molar-refractivity contribution in [1.82, 2.24) is 29.1 Å². The summed E-state index contributed by atoms with van der Waals surface area (Å²) < 4.78 is 20.1. The quantitative estimate of drug-likeness (QED) is 0.179. The summed E-state index contributed by atoms with van der Waals surface area (Å²) in [6, 6.07) is 10.9. The van der Waals surface area contributed by atoms with Crippen molar-refractivity contribution < 1.29 is 14.3 Å². The Kier molecular flexibility index (Phi) is 6.50. The van der Waals surface area contributed by atoms with Crippen molar-refractivity contribution in [1.29, 1.82) is 0 Å². The van der Waals surface area contributed by atoms with Gasteiger partial charge in [0.2, 0.25) is 0 Å². The molecule has 47 heavy (non-hydrogen) atoms. The third-order valence-electron chi connectivity index (χ3n) is 10.9. The number of aromatic carboxylic acids is 1. The van der Waals surface area contributed by atoms with Gasteiger partial charge in [0.1, 0.15) is 5.56 Å². The Morgan fingerprint density at radius 1 is 1.04 bits per heavy atom. The van der Waals surface area contributed by atoms with E-state index in [-0.39, 0.29) is 17.0 Å². The highest BCUT2D eigenvalue weighted by molar-refractivity contribution is 7.22. The number of hydrogen-bond donors (Lipinski definition) is 2. The predicted octanol–water partition coefficient (Wildman–Crippen LogP) is 8.37. The number of nitrogens with one attached hydrogen (secondary N) is 1. The minimum atomic E-state index is -1.08. The van der Waals surface area contributed by atoms with Gasteiger partial charge in [0, 0.05) is 41.3 Å². The molecular weight excluding hydrogens is 614 g/mol. The number of anilines is 2. The first-order valence-electron chi connectivity index (χ1n) is 16.4. The van der Waals surface area contributed by atoms with E-state index in [1.54, 1.807) is 29.1 Å². The van der Waals surface area contributed by atoms with E-state index in [1.165, 1.54) is 62.3 Å². The molecule has 4 saturated carbocycles. The molecule has 1 aromatic carbocycles. The van der Waals surface area contributed by atoms with E-state index in [9.17, 15) is 9.90 Å². The average Bonchev–Trinajstić information content (AvgIpc) is 3.72. The number of benzene rings is 1. The fourth-order valence-electron chi connectivity index (χ4n) is 9.15. The second-order valence-electron chi connectivity index (χ2n) is 14.0. The van der Waals surface area contributed by atoms with E-state index < -0.39 is 11.8 Å². The zero-order chi connectivity index (χ0) is 31.9. The number of carboxylic acids is 1. The minimum absolute atomic E-state index is 0.0618. The molecule has 4 fully saturated rings. The van der Waals surface area contributed by atoms with Crippen LogP contribution in [0.3, 0.4) is 0 Å². The molecule has 0 spiro atoms. The molecule has 238 valence electrons. The van der Waals surface area contributed by atoms with E-state index in [4.69, 9.17) is 5.10 Å². The fourth-order valence-corrected chi connectivity index (χ4v) is 10.0. The summed E-state index contributed by atoms with van der Waals surface area (Å²) in [6.07, 6.45) is 16.1. The lowest BCUT2D eigenvalue weighted by Gasteiger charge is -2.48. The number of aromatic nitrogens is 6. The summed E-state index contributed by atoms with van der Waals surface area (Å²) in [7, 11) is 0. The molecule has 4 aliphatic carbocycles. The van der Waals surface area contributed by atoms with Crippen LogP contribution in [0.15, 0.2) is 61.2 Å². The third kappa shape index (κ3) is 4.81. The average molecular weight is 648 g/mol. The molecular formula is C36H34FN7O2S. The van der Waals surface area contributed by atoms with Crippen LogP contribution in [0.25, 0.3) is 38.2 Å². The Hall–Kier alpha value is -4.64. The van der Waals surface area contributed by atoms with Crippen molar-refractivity contribution in [3.05, 3.63) is 78.3 Å². The lowest BCUT2D eigenvalue weighted by Crippen LogP contribution is -2.40. The fraction of sp³-hybridized carbons (Fsp3) is 0.361. The lowest BCUT2D eigenvalue weighted by molar-refractivity contribution is 0.0169. The van der Waals surface area contributed by atoms with Crippen LogP contribution < -0.4 is 5.32 Å². The van der Waals surface area contributed by atoms with Gasteiger partial charge in [-0.25, -0.2) is 24.1 Å². The molecule has 5 aromatic heterocycles. The standard InChI is InChI=1S/C36H34FN7O2S/c1-20-26(17-40-44(20)19-36-13-21-6-7-22(14-36)11-23(10-21)15-36)25-8-9-43-29(18-39-33(43)31(25)34(45)46)24-12-27(37)32(38-16-24)42-35-41-28-4-2-3-5-30(28)47-35/h2-5,8-9,12,16-18,21-23H,6-7,10-11,13-15,19H2,1H3,(H,45,46)(H,38,41,42). The molecule has 0 saturated heterocycles. The van der Waals surface area contributed by atoms with Gasteiger partial charge in [-0.15, -0.1) is 0 Å². The molecule has 6 aromatic rings. The maximum atomic E-state index is 15.3. The summed E-state index contributed by atoms with van der Waals surface area (Å²) in [5.74, 6) is 0.947. The molecule has 2 unspecified atom stereocenters.